The van der Waals surface area contributed by atoms with Crippen molar-refractivity contribution in [2.75, 3.05) is 12.4 Å². The number of thioether (sulfide) groups is 1. The van der Waals surface area contributed by atoms with Crippen LogP contribution in [0.25, 0.3) is 10.2 Å². The van der Waals surface area contributed by atoms with Crippen LogP contribution in [0.1, 0.15) is 12.5 Å². The van der Waals surface area contributed by atoms with Crippen molar-refractivity contribution in [3.05, 3.63) is 23.8 Å². The maximum Gasteiger partial charge on any atom is 0.151 e. The summed E-state index contributed by atoms with van der Waals surface area (Å²) in [6.07, 6.45) is 0.712. The highest BCUT2D eigenvalue weighted by atomic mass is 32.2. The zero-order chi connectivity index (χ0) is 10.7. The Labute approximate surface area is 97.4 Å². The number of hydrogen-bond donors (Lipinski definition) is 1. The largest absolute Gasteiger partial charge is 0.396 e. The molecule has 0 unspecified atom stereocenters. The molecule has 1 aromatic carbocycles. The Bertz CT molecular complexity index is 449. The van der Waals surface area contributed by atoms with Gasteiger partial charge in [-0.3, -0.25) is 0 Å². The Morgan fingerprint density at radius 2 is 2.33 bits per heavy atom. The third kappa shape index (κ3) is 2.51. The van der Waals surface area contributed by atoms with Crippen molar-refractivity contribution in [1.29, 1.82) is 0 Å². The molecule has 1 N–H and O–H groups in total. The maximum absolute atomic E-state index is 8.86. The van der Waals surface area contributed by atoms with E-state index in [4.69, 9.17) is 5.11 Å². The van der Waals surface area contributed by atoms with E-state index in [1.54, 1.807) is 23.1 Å². The molecular weight excluding hydrogens is 226 g/mol. The standard InChI is InChI=1S/C11H13NOS2/c1-2-14-11-12-9-7-8(5-6-13)3-4-10(9)15-11/h3-4,7,13H,2,5-6H2,1H3. The van der Waals surface area contributed by atoms with Gasteiger partial charge in [0.05, 0.1) is 10.2 Å². The van der Waals surface area contributed by atoms with Gasteiger partial charge in [-0.2, -0.15) is 0 Å². The molecule has 15 heavy (non-hydrogen) atoms. The normalized spacial score (nSPS) is 11.1. The van der Waals surface area contributed by atoms with Gasteiger partial charge in [0.15, 0.2) is 4.34 Å². The summed E-state index contributed by atoms with van der Waals surface area (Å²) in [7, 11) is 0. The van der Waals surface area contributed by atoms with Crippen LogP contribution in [0.15, 0.2) is 22.5 Å². The molecule has 0 aliphatic rings. The van der Waals surface area contributed by atoms with E-state index in [9.17, 15) is 0 Å². The van der Waals surface area contributed by atoms with Crippen LogP contribution in [-0.2, 0) is 6.42 Å². The summed E-state index contributed by atoms with van der Waals surface area (Å²) in [5.74, 6) is 1.06. The van der Waals surface area contributed by atoms with Gasteiger partial charge in [0.2, 0.25) is 0 Å². The number of benzene rings is 1. The van der Waals surface area contributed by atoms with Crippen molar-refractivity contribution in [1.82, 2.24) is 4.98 Å². The third-order valence-corrected chi connectivity index (χ3v) is 4.16. The second kappa shape index (κ2) is 4.96. The van der Waals surface area contributed by atoms with E-state index in [1.807, 2.05) is 0 Å². The van der Waals surface area contributed by atoms with Crippen molar-refractivity contribution in [2.24, 2.45) is 0 Å². The zero-order valence-corrected chi connectivity index (χ0v) is 10.2. The highest BCUT2D eigenvalue weighted by Gasteiger charge is 2.04. The predicted molar refractivity (Wildman–Crippen MR) is 66.8 cm³/mol. The minimum atomic E-state index is 0.201. The number of aliphatic hydroxyl groups excluding tert-OH is 1. The Kier molecular flexibility index (Phi) is 3.61. The molecule has 0 aliphatic heterocycles. The number of hydrogen-bond acceptors (Lipinski definition) is 4. The summed E-state index contributed by atoms with van der Waals surface area (Å²) in [5, 5.41) is 8.86. The van der Waals surface area contributed by atoms with E-state index in [2.05, 4.69) is 30.1 Å². The lowest BCUT2D eigenvalue weighted by Gasteiger charge is -1.96. The summed E-state index contributed by atoms with van der Waals surface area (Å²) in [6.45, 7) is 2.33. The van der Waals surface area contributed by atoms with Crippen molar-refractivity contribution >= 4 is 33.3 Å². The van der Waals surface area contributed by atoms with E-state index < -0.39 is 0 Å². The fourth-order valence-corrected chi connectivity index (χ4v) is 3.37. The molecule has 2 nitrogen and oxygen atoms in total. The maximum atomic E-state index is 8.86. The van der Waals surface area contributed by atoms with Crippen LogP contribution in [0.4, 0.5) is 0 Å². The smallest absolute Gasteiger partial charge is 0.151 e. The molecule has 0 bridgehead atoms. The van der Waals surface area contributed by atoms with E-state index in [0.29, 0.717) is 6.42 Å². The summed E-state index contributed by atoms with van der Waals surface area (Å²) < 4.78 is 2.36. The minimum absolute atomic E-state index is 0.201. The Balaban J connectivity index is 2.34. The zero-order valence-electron chi connectivity index (χ0n) is 8.56. The molecule has 80 valence electrons. The van der Waals surface area contributed by atoms with Crippen LogP contribution in [0.3, 0.4) is 0 Å². The predicted octanol–water partition coefficient (Wildman–Crippen LogP) is 2.94. The Morgan fingerprint density at radius 1 is 1.47 bits per heavy atom. The van der Waals surface area contributed by atoms with E-state index in [0.717, 1.165) is 21.2 Å². The quantitative estimate of drug-likeness (QED) is 0.833. The van der Waals surface area contributed by atoms with Crippen LogP contribution in [0, 0.1) is 0 Å². The van der Waals surface area contributed by atoms with Crippen LogP contribution in [0.2, 0.25) is 0 Å². The Morgan fingerprint density at radius 3 is 3.07 bits per heavy atom. The minimum Gasteiger partial charge on any atom is -0.396 e. The van der Waals surface area contributed by atoms with Crippen LogP contribution in [-0.4, -0.2) is 22.5 Å². The lowest BCUT2D eigenvalue weighted by molar-refractivity contribution is 0.299. The summed E-state index contributed by atoms with van der Waals surface area (Å²) in [6, 6.07) is 6.23. The number of thiazole rings is 1. The van der Waals surface area contributed by atoms with Gasteiger partial charge in [-0.05, 0) is 29.9 Å². The summed E-state index contributed by atoms with van der Waals surface area (Å²) in [4.78, 5) is 4.55. The van der Waals surface area contributed by atoms with Gasteiger partial charge < -0.3 is 5.11 Å². The van der Waals surface area contributed by atoms with Gasteiger partial charge in [0, 0.05) is 6.61 Å². The van der Waals surface area contributed by atoms with Gasteiger partial charge in [-0.15, -0.1) is 11.3 Å². The Hall–Kier alpha value is -0.580. The van der Waals surface area contributed by atoms with E-state index >= 15 is 0 Å². The molecule has 2 aromatic rings. The SMILES string of the molecule is CCSc1nc2cc(CCO)ccc2s1. The van der Waals surface area contributed by atoms with Crippen molar-refractivity contribution in [3.8, 4) is 0 Å². The molecule has 0 spiro atoms. The summed E-state index contributed by atoms with van der Waals surface area (Å²) in [5.41, 5.74) is 2.21. The van der Waals surface area contributed by atoms with Crippen LogP contribution in [0.5, 0.6) is 0 Å². The number of nitrogens with zero attached hydrogens (tertiary/aromatic N) is 1. The van der Waals surface area contributed by atoms with Crippen LogP contribution < -0.4 is 0 Å². The average molecular weight is 239 g/mol. The number of aromatic nitrogens is 1. The molecule has 1 heterocycles. The first-order valence-electron chi connectivity index (χ1n) is 4.96. The number of rotatable bonds is 4. The monoisotopic (exact) mass is 239 g/mol. The highest BCUT2D eigenvalue weighted by Crippen LogP contribution is 2.29. The molecule has 0 atom stereocenters. The van der Waals surface area contributed by atoms with Gasteiger partial charge in [0.1, 0.15) is 0 Å². The summed E-state index contributed by atoms with van der Waals surface area (Å²) >= 11 is 3.52. The van der Waals surface area contributed by atoms with E-state index in [1.165, 1.54) is 4.70 Å². The average Bonchev–Trinajstić information content (AvgIpc) is 2.60. The highest BCUT2D eigenvalue weighted by molar-refractivity contribution is 8.01. The second-order valence-corrected chi connectivity index (χ2v) is 5.73. The van der Waals surface area contributed by atoms with Crippen molar-refractivity contribution in [2.45, 2.75) is 17.7 Å². The molecule has 0 aliphatic carbocycles. The molecular formula is C11H13NOS2. The van der Waals surface area contributed by atoms with Gasteiger partial charge in [0.25, 0.3) is 0 Å². The lowest BCUT2D eigenvalue weighted by Crippen LogP contribution is -1.89. The molecule has 0 amide bonds. The van der Waals surface area contributed by atoms with Gasteiger partial charge in [-0.1, -0.05) is 24.8 Å². The first-order valence-corrected chi connectivity index (χ1v) is 6.77. The van der Waals surface area contributed by atoms with Gasteiger partial charge >= 0.3 is 0 Å². The number of fused-ring (bicyclic) bond motifs is 1. The topological polar surface area (TPSA) is 33.1 Å². The first-order chi connectivity index (χ1) is 7.33. The number of aliphatic hydroxyl groups is 1. The molecule has 1 aromatic heterocycles. The molecule has 4 heteroatoms. The molecule has 0 radical (unpaired) electrons. The molecule has 2 rings (SSSR count). The fourth-order valence-electron chi connectivity index (χ4n) is 1.42. The molecule has 0 saturated carbocycles. The lowest BCUT2D eigenvalue weighted by atomic mass is 10.1. The van der Waals surface area contributed by atoms with Gasteiger partial charge in [-0.25, -0.2) is 4.98 Å². The van der Waals surface area contributed by atoms with Crippen LogP contribution >= 0.6 is 23.1 Å². The molecule has 0 fully saturated rings. The van der Waals surface area contributed by atoms with Crippen molar-refractivity contribution < 1.29 is 5.11 Å². The second-order valence-electron chi connectivity index (χ2n) is 3.19. The third-order valence-electron chi connectivity index (χ3n) is 2.10. The first kappa shape index (κ1) is 10.9. The van der Waals surface area contributed by atoms with E-state index in [-0.39, 0.29) is 6.61 Å². The molecule has 0 saturated heterocycles. The fraction of sp³-hybridized carbons (Fsp3) is 0.364. The van der Waals surface area contributed by atoms with Crippen molar-refractivity contribution in [3.63, 3.8) is 0 Å².